The van der Waals surface area contributed by atoms with Crippen molar-refractivity contribution in [3.05, 3.63) is 29.8 Å². The molecule has 3 amide bonds. The van der Waals surface area contributed by atoms with Crippen molar-refractivity contribution in [1.29, 1.82) is 0 Å². The summed E-state index contributed by atoms with van der Waals surface area (Å²) in [7, 11) is 0. The van der Waals surface area contributed by atoms with Crippen molar-refractivity contribution in [2.24, 2.45) is 0 Å². The van der Waals surface area contributed by atoms with Gasteiger partial charge in [-0.3, -0.25) is 4.79 Å². The number of hydrogen-bond acceptors (Lipinski definition) is 3. The Hall–Kier alpha value is -2.08. The fourth-order valence-corrected chi connectivity index (χ4v) is 2.43. The largest absolute Gasteiger partial charge is 0.382 e. The number of urea groups is 1. The Bertz CT molecular complexity index is 519. The van der Waals surface area contributed by atoms with Crippen LogP contribution in [0.15, 0.2) is 24.3 Å². The molecule has 1 aromatic carbocycles. The Kier molecular flexibility index (Phi) is 6.21. The van der Waals surface area contributed by atoms with Crippen LogP contribution in [0.25, 0.3) is 0 Å². The first-order chi connectivity index (χ1) is 10.7. The smallest absolute Gasteiger partial charge is 0.315 e. The van der Waals surface area contributed by atoms with E-state index in [1.54, 1.807) is 4.90 Å². The SMILES string of the molecule is CCOCCCNC(=O)NCC(=O)N1CCc2ccccc21. The minimum Gasteiger partial charge on any atom is -0.382 e. The molecule has 0 unspecified atom stereocenters. The molecule has 0 saturated heterocycles. The summed E-state index contributed by atoms with van der Waals surface area (Å²) in [4.78, 5) is 25.5. The van der Waals surface area contributed by atoms with Crippen molar-refractivity contribution >= 4 is 17.6 Å². The summed E-state index contributed by atoms with van der Waals surface area (Å²) in [6, 6.07) is 7.54. The van der Waals surface area contributed by atoms with Gasteiger partial charge in [0.1, 0.15) is 0 Å². The van der Waals surface area contributed by atoms with Crippen LogP contribution >= 0.6 is 0 Å². The number of amides is 3. The molecular weight excluding hydrogens is 282 g/mol. The Morgan fingerprint density at radius 1 is 1.27 bits per heavy atom. The van der Waals surface area contributed by atoms with Crippen molar-refractivity contribution < 1.29 is 14.3 Å². The highest BCUT2D eigenvalue weighted by molar-refractivity contribution is 5.98. The molecule has 2 rings (SSSR count). The average molecular weight is 305 g/mol. The first kappa shape index (κ1) is 16.3. The van der Waals surface area contributed by atoms with Gasteiger partial charge < -0.3 is 20.3 Å². The molecule has 1 aliphatic rings. The van der Waals surface area contributed by atoms with Gasteiger partial charge in [0.05, 0.1) is 6.54 Å². The minimum absolute atomic E-state index is 0.00558. The molecule has 0 fully saturated rings. The van der Waals surface area contributed by atoms with Crippen LogP contribution in [0.3, 0.4) is 0 Å². The van der Waals surface area contributed by atoms with E-state index in [-0.39, 0.29) is 18.5 Å². The third-order valence-electron chi connectivity index (χ3n) is 3.54. The second-order valence-corrected chi connectivity index (χ2v) is 5.08. The van der Waals surface area contributed by atoms with Gasteiger partial charge in [-0.25, -0.2) is 4.79 Å². The van der Waals surface area contributed by atoms with Crippen LogP contribution in [0.5, 0.6) is 0 Å². The Morgan fingerprint density at radius 3 is 2.91 bits per heavy atom. The molecule has 2 N–H and O–H groups in total. The van der Waals surface area contributed by atoms with E-state index in [0.717, 1.165) is 18.5 Å². The van der Waals surface area contributed by atoms with Gasteiger partial charge in [-0.05, 0) is 31.4 Å². The standard InChI is InChI=1S/C16H23N3O3/c1-2-22-11-5-9-17-16(21)18-12-15(20)19-10-8-13-6-3-4-7-14(13)19/h3-4,6-7H,2,5,8-12H2,1H3,(H2,17,18,21). The first-order valence-corrected chi connectivity index (χ1v) is 7.70. The predicted molar refractivity (Wildman–Crippen MR) is 85.0 cm³/mol. The molecule has 1 aliphatic heterocycles. The van der Waals surface area contributed by atoms with Gasteiger partial charge >= 0.3 is 6.03 Å². The summed E-state index contributed by atoms with van der Waals surface area (Å²) < 4.78 is 5.18. The van der Waals surface area contributed by atoms with E-state index in [1.807, 2.05) is 31.2 Å². The van der Waals surface area contributed by atoms with E-state index in [2.05, 4.69) is 10.6 Å². The predicted octanol–water partition coefficient (Wildman–Crippen LogP) is 1.30. The summed E-state index contributed by atoms with van der Waals surface area (Å²) in [6.45, 7) is 4.45. The number of para-hydroxylation sites is 1. The molecule has 0 radical (unpaired) electrons. The van der Waals surface area contributed by atoms with Crippen molar-refractivity contribution in [3.63, 3.8) is 0 Å². The molecule has 0 bridgehead atoms. The molecule has 1 aromatic rings. The maximum atomic E-state index is 12.2. The normalized spacial score (nSPS) is 12.9. The Morgan fingerprint density at radius 2 is 2.09 bits per heavy atom. The average Bonchev–Trinajstić information content (AvgIpc) is 2.96. The molecule has 22 heavy (non-hydrogen) atoms. The highest BCUT2D eigenvalue weighted by atomic mass is 16.5. The van der Waals surface area contributed by atoms with Gasteiger partial charge in [0.25, 0.3) is 0 Å². The van der Waals surface area contributed by atoms with E-state index in [0.29, 0.717) is 26.3 Å². The van der Waals surface area contributed by atoms with Crippen LogP contribution in [0.2, 0.25) is 0 Å². The number of benzene rings is 1. The summed E-state index contributed by atoms with van der Waals surface area (Å²) in [5.41, 5.74) is 2.13. The summed E-state index contributed by atoms with van der Waals surface area (Å²) in [5.74, 6) is -0.0885. The van der Waals surface area contributed by atoms with Crippen LogP contribution in [-0.4, -0.2) is 44.8 Å². The van der Waals surface area contributed by atoms with Crippen LogP contribution in [0.1, 0.15) is 18.9 Å². The molecule has 6 nitrogen and oxygen atoms in total. The zero-order valence-electron chi connectivity index (χ0n) is 12.9. The van der Waals surface area contributed by atoms with Crippen molar-refractivity contribution in [3.8, 4) is 0 Å². The summed E-state index contributed by atoms with van der Waals surface area (Å²) in [6.07, 6.45) is 1.63. The highest BCUT2D eigenvalue weighted by Gasteiger charge is 2.23. The van der Waals surface area contributed by atoms with E-state index in [9.17, 15) is 9.59 Å². The third kappa shape index (κ3) is 4.46. The maximum Gasteiger partial charge on any atom is 0.315 e. The van der Waals surface area contributed by atoms with Crippen LogP contribution < -0.4 is 15.5 Å². The quantitative estimate of drug-likeness (QED) is 0.746. The number of rotatable bonds is 7. The second-order valence-electron chi connectivity index (χ2n) is 5.08. The maximum absolute atomic E-state index is 12.2. The van der Waals surface area contributed by atoms with Crippen molar-refractivity contribution in [2.45, 2.75) is 19.8 Å². The molecular formula is C16H23N3O3. The van der Waals surface area contributed by atoms with E-state index in [1.165, 1.54) is 5.56 Å². The fourth-order valence-electron chi connectivity index (χ4n) is 2.43. The lowest BCUT2D eigenvalue weighted by molar-refractivity contribution is -0.117. The number of anilines is 1. The molecule has 120 valence electrons. The van der Waals surface area contributed by atoms with E-state index < -0.39 is 0 Å². The van der Waals surface area contributed by atoms with E-state index >= 15 is 0 Å². The van der Waals surface area contributed by atoms with Crippen LogP contribution in [0, 0.1) is 0 Å². The zero-order valence-corrected chi connectivity index (χ0v) is 12.9. The second kappa shape index (κ2) is 8.38. The number of nitrogens with one attached hydrogen (secondary N) is 2. The van der Waals surface area contributed by atoms with Crippen LogP contribution in [0.4, 0.5) is 10.5 Å². The molecule has 0 aromatic heterocycles. The summed E-state index contributed by atoms with van der Waals surface area (Å²) in [5, 5.41) is 5.30. The Labute approximate surface area is 130 Å². The molecule has 6 heteroatoms. The van der Waals surface area contributed by atoms with Gasteiger partial charge in [0, 0.05) is 32.0 Å². The lowest BCUT2D eigenvalue weighted by Gasteiger charge is -2.17. The molecule has 0 spiro atoms. The Balaban J connectivity index is 1.69. The topological polar surface area (TPSA) is 70.7 Å². The van der Waals surface area contributed by atoms with Crippen LogP contribution in [-0.2, 0) is 16.0 Å². The van der Waals surface area contributed by atoms with Gasteiger partial charge in [0.2, 0.25) is 5.91 Å². The zero-order chi connectivity index (χ0) is 15.8. The minimum atomic E-state index is -0.322. The number of ether oxygens (including phenoxy) is 1. The first-order valence-electron chi connectivity index (χ1n) is 7.70. The fraction of sp³-hybridized carbons (Fsp3) is 0.500. The summed E-state index contributed by atoms with van der Waals surface area (Å²) >= 11 is 0. The molecule has 1 heterocycles. The van der Waals surface area contributed by atoms with E-state index in [4.69, 9.17) is 4.74 Å². The van der Waals surface area contributed by atoms with Gasteiger partial charge in [0.15, 0.2) is 0 Å². The van der Waals surface area contributed by atoms with Crippen molar-refractivity contribution in [2.75, 3.05) is 37.7 Å². The number of fused-ring (bicyclic) bond motifs is 1. The van der Waals surface area contributed by atoms with Gasteiger partial charge in [-0.15, -0.1) is 0 Å². The lowest BCUT2D eigenvalue weighted by Crippen LogP contribution is -2.43. The lowest BCUT2D eigenvalue weighted by atomic mass is 10.2. The third-order valence-corrected chi connectivity index (χ3v) is 3.54. The molecule has 0 atom stereocenters. The number of nitrogens with zero attached hydrogens (tertiary/aromatic N) is 1. The monoisotopic (exact) mass is 305 g/mol. The van der Waals surface area contributed by atoms with Gasteiger partial charge in [-0.2, -0.15) is 0 Å². The molecule has 0 saturated carbocycles. The highest BCUT2D eigenvalue weighted by Crippen LogP contribution is 2.27. The molecule has 0 aliphatic carbocycles. The number of hydrogen-bond donors (Lipinski definition) is 2. The number of carbonyl (C=O) groups is 2. The van der Waals surface area contributed by atoms with Crippen molar-refractivity contribution in [1.82, 2.24) is 10.6 Å². The number of carbonyl (C=O) groups excluding carboxylic acids is 2. The van der Waals surface area contributed by atoms with Gasteiger partial charge in [-0.1, -0.05) is 18.2 Å².